The lowest BCUT2D eigenvalue weighted by Crippen LogP contribution is -2.50. The molecule has 1 amide bonds. The predicted octanol–water partition coefficient (Wildman–Crippen LogP) is 3.64. The quantitative estimate of drug-likeness (QED) is 0.765. The molecule has 7 heteroatoms. The second-order valence-electron chi connectivity index (χ2n) is 7.69. The van der Waals surface area contributed by atoms with Crippen LogP contribution in [-0.4, -0.2) is 43.2 Å². The molecule has 2 aliphatic rings. The number of nitrogens with zero attached hydrogens (tertiary/aromatic N) is 1. The van der Waals surface area contributed by atoms with Gasteiger partial charge in [-0.2, -0.15) is 0 Å². The molecule has 4 rings (SSSR count). The van der Waals surface area contributed by atoms with Crippen LogP contribution in [0.4, 0.5) is 0 Å². The van der Waals surface area contributed by atoms with Crippen molar-refractivity contribution in [1.29, 1.82) is 0 Å². The van der Waals surface area contributed by atoms with Crippen LogP contribution in [-0.2, 0) is 4.74 Å². The van der Waals surface area contributed by atoms with Crippen molar-refractivity contribution < 1.29 is 9.53 Å². The number of nitrogens with one attached hydrogen (secondary N) is 2. The SMILES string of the molecule is CO[C@H]1C[C@@H]2CNC[C@@H]2C[C@@H]1NC(=O)c1c(-c2ccccc2)ccnc1C.Cl.Cl. The Hall–Kier alpha value is -1.66. The number of ether oxygens (including phenoxy) is 1. The lowest BCUT2D eigenvalue weighted by Gasteiger charge is -2.37. The number of pyridine rings is 1. The number of amides is 1. The maximum Gasteiger partial charge on any atom is 0.254 e. The van der Waals surface area contributed by atoms with E-state index < -0.39 is 0 Å². The summed E-state index contributed by atoms with van der Waals surface area (Å²) >= 11 is 0. The van der Waals surface area contributed by atoms with Crippen LogP contribution in [0.15, 0.2) is 42.6 Å². The summed E-state index contributed by atoms with van der Waals surface area (Å²) in [5, 5.41) is 6.74. The van der Waals surface area contributed by atoms with Gasteiger partial charge in [0, 0.05) is 13.3 Å². The van der Waals surface area contributed by atoms with E-state index in [1.807, 2.05) is 43.3 Å². The number of fused-ring (bicyclic) bond motifs is 1. The molecular weight excluding hydrogens is 409 g/mol. The van der Waals surface area contributed by atoms with Gasteiger partial charge in [0.15, 0.2) is 0 Å². The molecule has 1 aromatic heterocycles. The Morgan fingerprint density at radius 1 is 1.10 bits per heavy atom. The van der Waals surface area contributed by atoms with Crippen molar-refractivity contribution in [2.24, 2.45) is 11.8 Å². The second-order valence-corrected chi connectivity index (χ2v) is 7.69. The van der Waals surface area contributed by atoms with Gasteiger partial charge in [-0.15, -0.1) is 24.8 Å². The molecule has 5 nitrogen and oxygen atoms in total. The van der Waals surface area contributed by atoms with Gasteiger partial charge < -0.3 is 15.4 Å². The van der Waals surface area contributed by atoms with E-state index in [2.05, 4.69) is 15.6 Å². The summed E-state index contributed by atoms with van der Waals surface area (Å²) in [5.74, 6) is 1.21. The molecule has 1 aliphatic carbocycles. The Morgan fingerprint density at radius 2 is 1.79 bits per heavy atom. The monoisotopic (exact) mass is 437 g/mol. The minimum atomic E-state index is -0.0593. The van der Waals surface area contributed by atoms with E-state index in [1.165, 1.54) is 0 Å². The summed E-state index contributed by atoms with van der Waals surface area (Å²) in [6.45, 7) is 3.99. The average molecular weight is 438 g/mol. The Bertz CT molecular complexity index is 819. The fraction of sp³-hybridized carbons (Fsp3) is 0.455. The highest BCUT2D eigenvalue weighted by atomic mass is 35.5. The van der Waals surface area contributed by atoms with Gasteiger partial charge in [0.1, 0.15) is 0 Å². The molecule has 1 aromatic carbocycles. The van der Waals surface area contributed by atoms with Gasteiger partial charge in [0.05, 0.1) is 23.4 Å². The lowest BCUT2D eigenvalue weighted by atomic mass is 9.77. The first-order valence-corrected chi connectivity index (χ1v) is 9.72. The highest BCUT2D eigenvalue weighted by molar-refractivity contribution is 6.02. The van der Waals surface area contributed by atoms with Gasteiger partial charge in [0.2, 0.25) is 0 Å². The molecular formula is C22H29Cl2N3O2. The zero-order chi connectivity index (χ0) is 18.8. The van der Waals surface area contributed by atoms with E-state index in [0.717, 1.165) is 42.8 Å². The molecule has 0 bridgehead atoms. The summed E-state index contributed by atoms with van der Waals surface area (Å²) in [5.41, 5.74) is 3.36. The Labute approximate surface area is 184 Å². The lowest BCUT2D eigenvalue weighted by molar-refractivity contribution is 0.0125. The molecule has 158 valence electrons. The van der Waals surface area contributed by atoms with E-state index in [1.54, 1.807) is 13.3 Å². The van der Waals surface area contributed by atoms with Crippen molar-refractivity contribution in [3.63, 3.8) is 0 Å². The van der Waals surface area contributed by atoms with Crippen LogP contribution in [0.1, 0.15) is 28.9 Å². The molecule has 2 aromatic rings. The smallest absolute Gasteiger partial charge is 0.254 e. The third kappa shape index (κ3) is 4.92. The van der Waals surface area contributed by atoms with Gasteiger partial charge in [-0.05, 0) is 61.9 Å². The molecule has 2 N–H and O–H groups in total. The fourth-order valence-electron chi connectivity index (χ4n) is 4.64. The fourth-order valence-corrected chi connectivity index (χ4v) is 4.64. The van der Waals surface area contributed by atoms with Crippen LogP contribution >= 0.6 is 24.8 Å². The number of rotatable bonds is 4. The van der Waals surface area contributed by atoms with Gasteiger partial charge in [0.25, 0.3) is 5.91 Å². The van der Waals surface area contributed by atoms with Crippen LogP contribution in [0, 0.1) is 18.8 Å². The summed E-state index contributed by atoms with van der Waals surface area (Å²) in [4.78, 5) is 17.6. The van der Waals surface area contributed by atoms with E-state index >= 15 is 0 Å². The Balaban J connectivity index is 0.00000150. The maximum absolute atomic E-state index is 13.3. The molecule has 1 aliphatic heterocycles. The zero-order valence-electron chi connectivity index (χ0n) is 16.8. The molecule has 4 atom stereocenters. The van der Waals surface area contributed by atoms with Crippen LogP contribution in [0.25, 0.3) is 11.1 Å². The number of carbonyl (C=O) groups excluding carboxylic acids is 1. The molecule has 2 heterocycles. The Morgan fingerprint density at radius 3 is 2.48 bits per heavy atom. The van der Waals surface area contributed by atoms with Gasteiger partial charge in [-0.25, -0.2) is 0 Å². The maximum atomic E-state index is 13.3. The zero-order valence-corrected chi connectivity index (χ0v) is 18.4. The van der Waals surface area contributed by atoms with Gasteiger partial charge >= 0.3 is 0 Å². The molecule has 0 radical (unpaired) electrons. The number of hydrogen-bond donors (Lipinski definition) is 2. The number of halogens is 2. The minimum absolute atomic E-state index is 0. The molecule has 1 saturated heterocycles. The number of hydrogen-bond acceptors (Lipinski definition) is 4. The molecule has 29 heavy (non-hydrogen) atoms. The first-order chi connectivity index (χ1) is 13.2. The van der Waals surface area contributed by atoms with Crippen molar-refractivity contribution in [2.45, 2.75) is 31.9 Å². The summed E-state index contributed by atoms with van der Waals surface area (Å²) in [6.07, 6.45) is 3.78. The van der Waals surface area contributed by atoms with Crippen LogP contribution in [0.5, 0.6) is 0 Å². The number of benzene rings is 1. The van der Waals surface area contributed by atoms with Crippen molar-refractivity contribution in [1.82, 2.24) is 15.6 Å². The van der Waals surface area contributed by atoms with E-state index in [-0.39, 0.29) is 42.9 Å². The van der Waals surface area contributed by atoms with Crippen molar-refractivity contribution >= 4 is 30.7 Å². The third-order valence-corrected chi connectivity index (χ3v) is 6.09. The van der Waals surface area contributed by atoms with Crippen LogP contribution in [0.2, 0.25) is 0 Å². The normalized spacial score (nSPS) is 25.3. The average Bonchev–Trinajstić information content (AvgIpc) is 3.15. The number of methoxy groups -OCH3 is 1. The molecule has 0 unspecified atom stereocenters. The minimum Gasteiger partial charge on any atom is -0.379 e. The molecule has 2 fully saturated rings. The number of carbonyl (C=O) groups is 1. The summed E-state index contributed by atoms with van der Waals surface area (Å²) < 4.78 is 5.74. The van der Waals surface area contributed by atoms with Crippen molar-refractivity contribution in [3.05, 3.63) is 53.9 Å². The van der Waals surface area contributed by atoms with Gasteiger partial charge in [-0.1, -0.05) is 30.3 Å². The summed E-state index contributed by atoms with van der Waals surface area (Å²) in [6, 6.07) is 12.0. The van der Waals surface area contributed by atoms with Crippen molar-refractivity contribution in [3.8, 4) is 11.1 Å². The van der Waals surface area contributed by atoms with E-state index in [9.17, 15) is 4.79 Å². The topological polar surface area (TPSA) is 63.2 Å². The van der Waals surface area contributed by atoms with Crippen LogP contribution < -0.4 is 10.6 Å². The second kappa shape index (κ2) is 10.4. The highest BCUT2D eigenvalue weighted by Crippen LogP contribution is 2.34. The largest absolute Gasteiger partial charge is 0.379 e. The standard InChI is InChI=1S/C22H27N3O2.2ClH/c1-14-21(18(8-9-24-14)15-6-4-3-5-7-15)22(26)25-19-10-16-12-23-13-17(16)11-20(19)27-2;;/h3-9,16-17,19-20,23H,10-13H2,1-2H3,(H,25,26);2*1H/t16-,17+,19-,20-;;/m0../s1. The first kappa shape index (κ1) is 23.6. The number of aryl methyl sites for hydroxylation is 1. The highest BCUT2D eigenvalue weighted by Gasteiger charge is 2.40. The summed E-state index contributed by atoms with van der Waals surface area (Å²) in [7, 11) is 1.75. The molecule has 1 saturated carbocycles. The Kier molecular flexibility index (Phi) is 8.46. The van der Waals surface area contributed by atoms with Crippen LogP contribution in [0.3, 0.4) is 0 Å². The number of aromatic nitrogens is 1. The molecule has 0 spiro atoms. The van der Waals surface area contributed by atoms with Gasteiger partial charge in [-0.3, -0.25) is 9.78 Å². The predicted molar refractivity (Wildman–Crippen MR) is 120 cm³/mol. The first-order valence-electron chi connectivity index (χ1n) is 9.72. The van der Waals surface area contributed by atoms with E-state index in [0.29, 0.717) is 17.4 Å². The third-order valence-electron chi connectivity index (χ3n) is 6.09. The van der Waals surface area contributed by atoms with Crippen molar-refractivity contribution in [2.75, 3.05) is 20.2 Å². The van der Waals surface area contributed by atoms with E-state index in [4.69, 9.17) is 4.74 Å².